The molecule has 0 radical (unpaired) electrons. The lowest BCUT2D eigenvalue weighted by atomic mass is 10.1. The lowest BCUT2D eigenvalue weighted by Gasteiger charge is -2.16. The van der Waals surface area contributed by atoms with E-state index in [-0.39, 0.29) is 11.6 Å². The lowest BCUT2D eigenvalue weighted by Crippen LogP contribution is -2.21. The number of benzene rings is 1. The molecule has 1 heterocycles. The summed E-state index contributed by atoms with van der Waals surface area (Å²) in [6.07, 6.45) is 1.55. The predicted molar refractivity (Wildman–Crippen MR) is 54.1 cm³/mol. The van der Waals surface area contributed by atoms with Crippen molar-refractivity contribution in [3.8, 4) is 5.75 Å². The average molecular weight is 228 g/mol. The zero-order valence-corrected chi connectivity index (χ0v) is 8.34. The first-order valence-corrected chi connectivity index (χ1v) is 4.58. The summed E-state index contributed by atoms with van der Waals surface area (Å²) in [4.78, 5) is 10.9. The monoisotopic (exact) mass is 227 g/mol. The molecule has 2 N–H and O–H groups in total. The summed E-state index contributed by atoms with van der Waals surface area (Å²) in [6.45, 7) is 0.0589. The highest BCUT2D eigenvalue weighted by atomic mass is 35.5. The minimum Gasteiger partial charge on any atom is -0.488 e. The first-order valence-electron chi connectivity index (χ1n) is 4.20. The second-order valence-electron chi connectivity index (χ2n) is 3.13. The van der Waals surface area contributed by atoms with Crippen LogP contribution in [-0.2, 0) is 4.79 Å². The minimum absolute atomic E-state index is 0.0145. The molecule has 0 saturated heterocycles. The largest absolute Gasteiger partial charge is 0.488 e. The van der Waals surface area contributed by atoms with E-state index in [1.165, 1.54) is 12.1 Å². The maximum absolute atomic E-state index is 13.0. The summed E-state index contributed by atoms with van der Waals surface area (Å²) in [5, 5.41) is -0.0145. The molecule has 0 bridgehead atoms. The summed E-state index contributed by atoms with van der Waals surface area (Å²) in [5.74, 6) is -0.741. The van der Waals surface area contributed by atoms with Gasteiger partial charge in [0.25, 0.3) is 0 Å². The van der Waals surface area contributed by atoms with Gasteiger partial charge in [-0.2, -0.15) is 0 Å². The van der Waals surface area contributed by atoms with Crippen molar-refractivity contribution in [3.63, 3.8) is 0 Å². The van der Waals surface area contributed by atoms with Gasteiger partial charge in [0.2, 0.25) is 5.91 Å². The number of carbonyl (C=O) groups excluding carboxylic acids is 1. The molecule has 0 saturated carbocycles. The summed E-state index contributed by atoms with van der Waals surface area (Å²) >= 11 is 5.60. The molecule has 1 aliphatic heterocycles. The van der Waals surface area contributed by atoms with Crippen molar-refractivity contribution >= 4 is 23.6 Å². The van der Waals surface area contributed by atoms with Crippen molar-refractivity contribution in [1.82, 2.24) is 0 Å². The molecule has 1 aromatic carbocycles. The van der Waals surface area contributed by atoms with Crippen LogP contribution in [0.15, 0.2) is 17.7 Å². The van der Waals surface area contributed by atoms with E-state index >= 15 is 0 Å². The Hall–Kier alpha value is -1.55. The first-order chi connectivity index (χ1) is 7.08. The number of halogens is 2. The topological polar surface area (TPSA) is 52.3 Å². The SMILES string of the molecule is NC(=O)C1=Cc2cc(Cl)c(F)cc2OC1. The van der Waals surface area contributed by atoms with Crippen LogP contribution in [0.5, 0.6) is 5.75 Å². The van der Waals surface area contributed by atoms with Gasteiger partial charge >= 0.3 is 0 Å². The van der Waals surface area contributed by atoms with Crippen molar-refractivity contribution in [3.05, 3.63) is 34.1 Å². The third-order valence-corrected chi connectivity index (χ3v) is 2.37. The number of hydrogen-bond donors (Lipinski definition) is 1. The molecule has 0 aliphatic carbocycles. The first kappa shape index (κ1) is 9.98. The fourth-order valence-corrected chi connectivity index (χ4v) is 1.48. The summed E-state index contributed by atoms with van der Waals surface area (Å²) in [6, 6.07) is 2.58. The van der Waals surface area contributed by atoms with Crippen molar-refractivity contribution in [1.29, 1.82) is 0 Å². The molecule has 3 nitrogen and oxygen atoms in total. The Morgan fingerprint density at radius 2 is 2.27 bits per heavy atom. The van der Waals surface area contributed by atoms with Crippen LogP contribution in [0.2, 0.25) is 5.02 Å². The van der Waals surface area contributed by atoms with Crippen LogP contribution in [0.4, 0.5) is 4.39 Å². The number of carbonyl (C=O) groups is 1. The highest BCUT2D eigenvalue weighted by Gasteiger charge is 2.17. The third kappa shape index (κ3) is 1.80. The number of ether oxygens (including phenoxy) is 1. The van der Waals surface area contributed by atoms with Crippen LogP contribution in [-0.4, -0.2) is 12.5 Å². The van der Waals surface area contributed by atoms with E-state index in [2.05, 4.69) is 0 Å². The van der Waals surface area contributed by atoms with Gasteiger partial charge in [-0.15, -0.1) is 0 Å². The summed E-state index contributed by atoms with van der Waals surface area (Å²) < 4.78 is 18.2. The third-order valence-electron chi connectivity index (χ3n) is 2.08. The van der Waals surface area contributed by atoms with Crippen LogP contribution in [0.1, 0.15) is 5.56 Å². The molecule has 1 aliphatic rings. The Balaban J connectivity index is 2.51. The van der Waals surface area contributed by atoms with E-state index in [0.717, 1.165) is 0 Å². The molecular weight excluding hydrogens is 221 g/mol. The molecule has 0 spiro atoms. The van der Waals surface area contributed by atoms with Gasteiger partial charge in [-0.1, -0.05) is 11.6 Å². The van der Waals surface area contributed by atoms with Crippen LogP contribution < -0.4 is 10.5 Å². The fraction of sp³-hybridized carbons (Fsp3) is 0.100. The fourth-order valence-electron chi connectivity index (χ4n) is 1.31. The molecule has 0 atom stereocenters. The summed E-state index contributed by atoms with van der Waals surface area (Å²) in [7, 11) is 0. The smallest absolute Gasteiger partial charge is 0.248 e. The van der Waals surface area contributed by atoms with E-state index in [1.54, 1.807) is 6.08 Å². The van der Waals surface area contributed by atoms with Crippen LogP contribution in [0.3, 0.4) is 0 Å². The Kier molecular flexibility index (Phi) is 2.36. The van der Waals surface area contributed by atoms with Gasteiger partial charge in [0.05, 0.1) is 10.6 Å². The molecule has 5 heteroatoms. The van der Waals surface area contributed by atoms with E-state index in [9.17, 15) is 9.18 Å². The van der Waals surface area contributed by atoms with Crippen molar-refractivity contribution in [2.75, 3.05) is 6.61 Å². The average Bonchev–Trinajstić information content (AvgIpc) is 2.19. The van der Waals surface area contributed by atoms with Crippen molar-refractivity contribution < 1.29 is 13.9 Å². The molecule has 0 fully saturated rings. The number of hydrogen-bond acceptors (Lipinski definition) is 2. The number of rotatable bonds is 1. The van der Waals surface area contributed by atoms with Crippen molar-refractivity contribution in [2.45, 2.75) is 0 Å². The molecule has 0 aromatic heterocycles. The van der Waals surface area contributed by atoms with E-state index in [1.807, 2.05) is 0 Å². The number of fused-ring (bicyclic) bond motifs is 1. The molecular formula is C10H7ClFNO2. The quantitative estimate of drug-likeness (QED) is 0.795. The van der Waals surface area contributed by atoms with Gasteiger partial charge in [0.15, 0.2) is 0 Å². The summed E-state index contributed by atoms with van der Waals surface area (Å²) in [5.41, 5.74) is 5.99. The Morgan fingerprint density at radius 3 is 2.93 bits per heavy atom. The van der Waals surface area contributed by atoms with E-state index < -0.39 is 11.7 Å². The minimum atomic E-state index is -0.555. The van der Waals surface area contributed by atoms with Crippen molar-refractivity contribution in [2.24, 2.45) is 5.73 Å². The zero-order chi connectivity index (χ0) is 11.0. The maximum atomic E-state index is 13.0. The second kappa shape index (κ2) is 3.55. The highest BCUT2D eigenvalue weighted by molar-refractivity contribution is 6.31. The van der Waals surface area contributed by atoms with Gasteiger partial charge in [-0.25, -0.2) is 4.39 Å². The standard InChI is InChI=1S/C10H7ClFNO2/c11-7-2-5-1-6(10(13)14)4-15-9(5)3-8(7)12/h1-3H,4H2,(H2,13,14). The Morgan fingerprint density at radius 1 is 1.53 bits per heavy atom. The molecule has 1 amide bonds. The van der Waals surface area contributed by atoms with Gasteiger partial charge in [-0.05, 0) is 12.1 Å². The molecule has 0 unspecified atom stereocenters. The number of primary amides is 1. The van der Waals surface area contributed by atoms with Gasteiger partial charge in [-0.3, -0.25) is 4.79 Å². The van der Waals surface area contributed by atoms with Gasteiger partial charge in [0.1, 0.15) is 18.2 Å². The maximum Gasteiger partial charge on any atom is 0.248 e. The second-order valence-corrected chi connectivity index (χ2v) is 3.53. The van der Waals surface area contributed by atoms with Crippen LogP contribution >= 0.6 is 11.6 Å². The highest BCUT2D eigenvalue weighted by Crippen LogP contribution is 2.30. The molecule has 78 valence electrons. The van der Waals surface area contributed by atoms with Crippen LogP contribution in [0, 0.1) is 5.82 Å². The lowest BCUT2D eigenvalue weighted by molar-refractivity contribution is -0.114. The zero-order valence-electron chi connectivity index (χ0n) is 7.59. The normalized spacial score (nSPS) is 13.9. The predicted octanol–water partition coefficient (Wildman–Crippen LogP) is 1.74. The Labute approximate surface area is 90.3 Å². The van der Waals surface area contributed by atoms with Gasteiger partial charge < -0.3 is 10.5 Å². The number of amides is 1. The van der Waals surface area contributed by atoms with E-state index in [4.69, 9.17) is 22.1 Å². The molecule has 2 rings (SSSR count). The van der Waals surface area contributed by atoms with Gasteiger partial charge in [0, 0.05) is 11.6 Å². The van der Waals surface area contributed by atoms with Crippen LogP contribution in [0.25, 0.3) is 6.08 Å². The number of nitrogens with two attached hydrogens (primary N) is 1. The molecule has 15 heavy (non-hydrogen) atoms. The Bertz CT molecular complexity index is 471. The van der Waals surface area contributed by atoms with E-state index in [0.29, 0.717) is 16.9 Å². The molecule has 1 aromatic rings.